The van der Waals surface area contributed by atoms with Crippen LogP contribution in [0.3, 0.4) is 0 Å². The van der Waals surface area contributed by atoms with Gasteiger partial charge >= 0.3 is 6.03 Å². The second-order valence-corrected chi connectivity index (χ2v) is 4.53. The first-order valence-corrected chi connectivity index (χ1v) is 5.79. The third-order valence-corrected chi connectivity index (χ3v) is 3.07. The summed E-state index contributed by atoms with van der Waals surface area (Å²) in [7, 11) is 0. The predicted octanol–water partition coefficient (Wildman–Crippen LogP) is 2.38. The Morgan fingerprint density at radius 3 is 2.65 bits per heavy atom. The lowest BCUT2D eigenvalue weighted by molar-refractivity contribution is 0.251. The van der Waals surface area contributed by atoms with Crippen LogP contribution < -0.4 is 11.5 Å². The molecular formula is C11H11Cl2N3O. The van der Waals surface area contributed by atoms with Gasteiger partial charge in [-0.3, -0.25) is 4.57 Å². The summed E-state index contributed by atoms with van der Waals surface area (Å²) in [5.74, 6) is 0. The van der Waals surface area contributed by atoms with Gasteiger partial charge in [-0.1, -0.05) is 23.2 Å². The number of fused-ring (bicyclic) bond motifs is 1. The third-order valence-electron chi connectivity index (χ3n) is 2.55. The predicted molar refractivity (Wildman–Crippen MR) is 69.7 cm³/mol. The molecule has 0 aliphatic rings. The maximum atomic E-state index is 11.3. The van der Waals surface area contributed by atoms with Crippen molar-refractivity contribution in [3.8, 4) is 0 Å². The van der Waals surface area contributed by atoms with Crippen molar-refractivity contribution in [2.75, 3.05) is 6.54 Å². The number of nitrogens with zero attached hydrogens (tertiary/aromatic N) is 1. The summed E-state index contributed by atoms with van der Waals surface area (Å²) in [6.07, 6.45) is 2.28. The first-order valence-electron chi connectivity index (χ1n) is 5.03. The molecule has 0 saturated heterocycles. The Kier molecular flexibility index (Phi) is 3.28. The summed E-state index contributed by atoms with van der Waals surface area (Å²) < 4.78 is 1.33. The molecule has 0 radical (unpaired) electrons. The van der Waals surface area contributed by atoms with Gasteiger partial charge in [0.15, 0.2) is 0 Å². The van der Waals surface area contributed by atoms with Gasteiger partial charge in [-0.2, -0.15) is 0 Å². The van der Waals surface area contributed by atoms with E-state index in [4.69, 9.17) is 34.7 Å². The van der Waals surface area contributed by atoms with Gasteiger partial charge in [-0.05, 0) is 30.7 Å². The standard InChI is InChI=1S/C11H11Cl2N3O/c12-7-3-8(13)10-6(1-2-14)5-16(11(15)17)9(10)4-7/h3-5H,1-2,14H2,(H2,15,17). The van der Waals surface area contributed by atoms with Gasteiger partial charge < -0.3 is 11.5 Å². The fraction of sp³-hybridized carbons (Fsp3) is 0.182. The molecule has 0 bridgehead atoms. The van der Waals surface area contributed by atoms with Gasteiger partial charge in [0.2, 0.25) is 0 Å². The Morgan fingerprint density at radius 2 is 2.06 bits per heavy atom. The number of halogens is 2. The molecule has 0 spiro atoms. The van der Waals surface area contributed by atoms with Crippen molar-refractivity contribution in [2.24, 2.45) is 11.5 Å². The highest BCUT2D eigenvalue weighted by molar-refractivity contribution is 6.39. The molecule has 0 fully saturated rings. The normalized spacial score (nSPS) is 11.0. The van der Waals surface area contributed by atoms with Gasteiger partial charge in [0.25, 0.3) is 0 Å². The SMILES string of the molecule is NCCc1cn(C(N)=O)c2cc(Cl)cc(Cl)c12. The maximum Gasteiger partial charge on any atom is 0.323 e. The summed E-state index contributed by atoms with van der Waals surface area (Å²) in [6.45, 7) is 0.469. The van der Waals surface area contributed by atoms with Crippen LogP contribution in [0.1, 0.15) is 5.56 Å². The minimum atomic E-state index is -0.573. The first-order chi connectivity index (χ1) is 8.04. The number of benzene rings is 1. The van der Waals surface area contributed by atoms with Crippen molar-refractivity contribution < 1.29 is 4.79 Å². The number of nitrogens with two attached hydrogens (primary N) is 2. The zero-order valence-electron chi connectivity index (χ0n) is 8.91. The molecule has 2 aromatic rings. The number of carbonyl (C=O) groups is 1. The van der Waals surface area contributed by atoms with Gasteiger partial charge in [0.1, 0.15) is 0 Å². The third kappa shape index (κ3) is 2.11. The number of aromatic nitrogens is 1. The van der Waals surface area contributed by atoms with Crippen molar-refractivity contribution in [1.29, 1.82) is 0 Å². The summed E-state index contributed by atoms with van der Waals surface area (Å²) in [5, 5.41) is 1.73. The van der Waals surface area contributed by atoms with Crippen LogP contribution in [-0.2, 0) is 6.42 Å². The Balaban J connectivity index is 2.81. The van der Waals surface area contributed by atoms with Crippen LogP contribution in [-0.4, -0.2) is 17.1 Å². The zero-order valence-corrected chi connectivity index (χ0v) is 10.4. The van der Waals surface area contributed by atoms with E-state index < -0.39 is 6.03 Å². The minimum absolute atomic E-state index is 0.461. The van der Waals surface area contributed by atoms with Crippen LogP contribution >= 0.6 is 23.2 Å². The smallest absolute Gasteiger partial charge is 0.323 e. The molecule has 0 aliphatic heterocycles. The Bertz CT molecular complexity index is 592. The number of primary amides is 1. The minimum Gasteiger partial charge on any atom is -0.351 e. The lowest BCUT2D eigenvalue weighted by Gasteiger charge is -2.01. The van der Waals surface area contributed by atoms with E-state index in [1.807, 2.05) is 0 Å². The number of carbonyl (C=O) groups excluding carboxylic acids is 1. The molecule has 0 atom stereocenters. The monoisotopic (exact) mass is 271 g/mol. The summed E-state index contributed by atoms with van der Waals surface area (Å²) in [6, 6.07) is 2.72. The quantitative estimate of drug-likeness (QED) is 0.880. The molecule has 4 nitrogen and oxygen atoms in total. The lowest BCUT2D eigenvalue weighted by atomic mass is 10.1. The molecule has 6 heteroatoms. The first kappa shape index (κ1) is 12.2. The molecule has 0 unspecified atom stereocenters. The van der Waals surface area contributed by atoms with Crippen LogP contribution in [0.2, 0.25) is 10.0 Å². The maximum absolute atomic E-state index is 11.3. The molecule has 1 aromatic heterocycles. The van der Waals surface area contributed by atoms with Crippen molar-refractivity contribution in [2.45, 2.75) is 6.42 Å². The topological polar surface area (TPSA) is 74.0 Å². The van der Waals surface area contributed by atoms with E-state index in [9.17, 15) is 4.79 Å². The van der Waals surface area contributed by atoms with Crippen LogP contribution in [0.5, 0.6) is 0 Å². The van der Waals surface area contributed by atoms with Crippen LogP contribution in [0.25, 0.3) is 10.9 Å². The number of hydrogen-bond acceptors (Lipinski definition) is 2. The van der Waals surface area contributed by atoms with E-state index in [2.05, 4.69) is 0 Å². The molecule has 0 saturated carbocycles. The van der Waals surface area contributed by atoms with Crippen LogP contribution in [0.15, 0.2) is 18.3 Å². The Labute approximate surface area is 108 Å². The number of amides is 1. The summed E-state index contributed by atoms with van der Waals surface area (Å²) >= 11 is 12.0. The molecule has 0 aliphatic carbocycles. The van der Waals surface area contributed by atoms with Crippen molar-refractivity contribution in [1.82, 2.24) is 4.57 Å². The second-order valence-electron chi connectivity index (χ2n) is 3.68. The van der Waals surface area contributed by atoms with Gasteiger partial charge in [-0.15, -0.1) is 0 Å². The van der Waals surface area contributed by atoms with Gasteiger partial charge in [0, 0.05) is 16.6 Å². The Morgan fingerprint density at radius 1 is 1.35 bits per heavy atom. The van der Waals surface area contributed by atoms with E-state index in [0.717, 1.165) is 10.9 Å². The van der Waals surface area contributed by atoms with E-state index in [0.29, 0.717) is 28.5 Å². The number of hydrogen-bond donors (Lipinski definition) is 2. The fourth-order valence-electron chi connectivity index (χ4n) is 1.89. The molecule has 1 heterocycles. The molecule has 4 N–H and O–H groups in total. The fourth-order valence-corrected chi connectivity index (χ4v) is 2.49. The highest BCUT2D eigenvalue weighted by Gasteiger charge is 2.14. The number of rotatable bonds is 2. The van der Waals surface area contributed by atoms with Crippen molar-refractivity contribution in [3.63, 3.8) is 0 Å². The van der Waals surface area contributed by atoms with E-state index >= 15 is 0 Å². The molecular weight excluding hydrogens is 261 g/mol. The van der Waals surface area contributed by atoms with Gasteiger partial charge in [-0.25, -0.2) is 4.79 Å². The molecule has 1 aromatic carbocycles. The van der Waals surface area contributed by atoms with Crippen LogP contribution in [0, 0.1) is 0 Å². The van der Waals surface area contributed by atoms with Gasteiger partial charge in [0.05, 0.1) is 10.5 Å². The second kappa shape index (κ2) is 4.56. The van der Waals surface area contributed by atoms with Crippen molar-refractivity contribution in [3.05, 3.63) is 33.9 Å². The molecule has 90 valence electrons. The average molecular weight is 272 g/mol. The van der Waals surface area contributed by atoms with E-state index in [-0.39, 0.29) is 0 Å². The molecule has 17 heavy (non-hydrogen) atoms. The average Bonchev–Trinajstić information content (AvgIpc) is 2.57. The summed E-state index contributed by atoms with van der Waals surface area (Å²) in [5.41, 5.74) is 12.3. The van der Waals surface area contributed by atoms with E-state index in [1.54, 1.807) is 18.3 Å². The Hall–Kier alpha value is -1.23. The lowest BCUT2D eigenvalue weighted by Crippen LogP contribution is -2.18. The van der Waals surface area contributed by atoms with Crippen molar-refractivity contribution >= 4 is 40.1 Å². The highest BCUT2D eigenvalue weighted by Crippen LogP contribution is 2.32. The largest absolute Gasteiger partial charge is 0.351 e. The summed E-state index contributed by atoms with van der Waals surface area (Å²) in [4.78, 5) is 11.3. The van der Waals surface area contributed by atoms with Crippen LogP contribution in [0.4, 0.5) is 4.79 Å². The van der Waals surface area contributed by atoms with E-state index in [1.165, 1.54) is 4.57 Å². The molecule has 2 rings (SSSR count). The molecule has 1 amide bonds. The zero-order chi connectivity index (χ0) is 12.6. The highest BCUT2D eigenvalue weighted by atomic mass is 35.5.